The van der Waals surface area contributed by atoms with Gasteiger partial charge in [-0.25, -0.2) is 9.18 Å². The molecule has 0 aliphatic heterocycles. The summed E-state index contributed by atoms with van der Waals surface area (Å²) in [5, 5.41) is 8.28. The van der Waals surface area contributed by atoms with Crippen molar-refractivity contribution in [3.63, 3.8) is 0 Å². The number of carboxylic acid groups (broad SMARTS) is 1. The van der Waals surface area contributed by atoms with E-state index in [2.05, 4.69) is 0 Å². The Bertz CT molecular complexity index is 323. The number of halogens is 1. The maximum atomic E-state index is 12.5. The minimum atomic E-state index is -0.987. The predicted molar refractivity (Wildman–Crippen MR) is 55.0 cm³/mol. The zero-order chi connectivity index (χ0) is 11.8. The van der Waals surface area contributed by atoms with Gasteiger partial charge in [0.25, 0.3) is 0 Å². The zero-order valence-electron chi connectivity index (χ0n) is 8.69. The maximum Gasteiger partial charge on any atom is 0.329 e. The van der Waals surface area contributed by atoms with Gasteiger partial charge in [0.15, 0.2) is 0 Å². The number of aliphatic carboxylic acids is 1. The molecular weight excluding hydrogens is 215 g/mol. The lowest BCUT2D eigenvalue weighted by Crippen LogP contribution is -2.09. The molecule has 0 amide bonds. The van der Waals surface area contributed by atoms with Crippen LogP contribution in [0.1, 0.15) is 6.42 Å². The quantitative estimate of drug-likeness (QED) is 0.721. The zero-order valence-corrected chi connectivity index (χ0v) is 8.69. The summed E-state index contributed by atoms with van der Waals surface area (Å²) in [6, 6.07) is 5.70. The van der Waals surface area contributed by atoms with Gasteiger partial charge in [-0.3, -0.25) is 0 Å². The van der Waals surface area contributed by atoms with E-state index in [1.54, 1.807) is 0 Å². The first-order chi connectivity index (χ1) is 7.68. The summed E-state index contributed by atoms with van der Waals surface area (Å²) < 4.78 is 22.6. The van der Waals surface area contributed by atoms with Crippen LogP contribution in [-0.2, 0) is 9.53 Å². The maximum absolute atomic E-state index is 12.5. The largest absolute Gasteiger partial charge is 0.494 e. The molecular formula is C11H13FO4. The molecule has 1 aromatic rings. The molecule has 0 bridgehead atoms. The topological polar surface area (TPSA) is 55.8 Å². The van der Waals surface area contributed by atoms with Gasteiger partial charge in [-0.15, -0.1) is 0 Å². The molecule has 1 rings (SSSR count). The first kappa shape index (κ1) is 12.4. The smallest absolute Gasteiger partial charge is 0.329 e. The summed E-state index contributed by atoms with van der Waals surface area (Å²) in [6.45, 7) is 0.440. The first-order valence-electron chi connectivity index (χ1n) is 4.86. The van der Waals surface area contributed by atoms with Gasteiger partial charge in [0.05, 0.1) is 13.2 Å². The molecule has 0 aliphatic rings. The minimum Gasteiger partial charge on any atom is -0.494 e. The molecule has 0 aromatic heterocycles. The van der Waals surface area contributed by atoms with Gasteiger partial charge in [-0.2, -0.15) is 0 Å². The van der Waals surface area contributed by atoms with Crippen LogP contribution in [0, 0.1) is 5.82 Å². The number of benzene rings is 1. The lowest BCUT2D eigenvalue weighted by Gasteiger charge is -2.05. The van der Waals surface area contributed by atoms with Crippen LogP contribution in [-0.4, -0.2) is 30.9 Å². The SMILES string of the molecule is O=C(O)COCCCOc1ccc(F)cc1. The Morgan fingerprint density at radius 2 is 1.94 bits per heavy atom. The van der Waals surface area contributed by atoms with E-state index in [1.165, 1.54) is 24.3 Å². The average Bonchev–Trinajstić information content (AvgIpc) is 2.25. The van der Waals surface area contributed by atoms with E-state index in [9.17, 15) is 9.18 Å². The van der Waals surface area contributed by atoms with E-state index in [0.29, 0.717) is 25.4 Å². The van der Waals surface area contributed by atoms with Crippen molar-refractivity contribution < 1.29 is 23.8 Å². The number of carboxylic acids is 1. The molecule has 1 N–H and O–H groups in total. The van der Waals surface area contributed by atoms with E-state index < -0.39 is 5.97 Å². The highest BCUT2D eigenvalue weighted by atomic mass is 19.1. The first-order valence-corrected chi connectivity index (χ1v) is 4.86. The third-order valence-corrected chi connectivity index (χ3v) is 1.74. The normalized spacial score (nSPS) is 10.1. The second kappa shape index (κ2) is 6.79. The fourth-order valence-corrected chi connectivity index (χ4v) is 1.04. The van der Waals surface area contributed by atoms with Crippen LogP contribution in [0.3, 0.4) is 0 Å². The molecule has 0 fully saturated rings. The Labute approximate surface area is 92.6 Å². The molecule has 0 saturated carbocycles. The molecule has 0 saturated heterocycles. The third kappa shape index (κ3) is 5.31. The molecule has 0 aliphatic carbocycles. The summed E-state index contributed by atoms with van der Waals surface area (Å²) >= 11 is 0. The van der Waals surface area contributed by atoms with Crippen molar-refractivity contribution in [1.29, 1.82) is 0 Å². The van der Waals surface area contributed by atoms with Crippen LogP contribution in [0.5, 0.6) is 5.75 Å². The average molecular weight is 228 g/mol. The molecule has 0 heterocycles. The third-order valence-electron chi connectivity index (χ3n) is 1.74. The minimum absolute atomic E-state index is 0.295. The summed E-state index contributed by atoms with van der Waals surface area (Å²) in [7, 11) is 0. The van der Waals surface area contributed by atoms with E-state index in [-0.39, 0.29) is 12.4 Å². The van der Waals surface area contributed by atoms with Gasteiger partial charge in [0, 0.05) is 6.42 Å². The number of hydrogen-bond donors (Lipinski definition) is 1. The Kier molecular flexibility index (Phi) is 5.28. The van der Waals surface area contributed by atoms with Crippen molar-refractivity contribution in [2.75, 3.05) is 19.8 Å². The van der Waals surface area contributed by atoms with Crippen molar-refractivity contribution in [3.8, 4) is 5.75 Å². The van der Waals surface area contributed by atoms with E-state index >= 15 is 0 Å². The molecule has 0 atom stereocenters. The standard InChI is InChI=1S/C11H13FO4/c12-9-2-4-10(5-3-9)16-7-1-6-15-8-11(13)14/h2-5H,1,6-8H2,(H,13,14). The second-order valence-corrected chi connectivity index (χ2v) is 3.10. The van der Waals surface area contributed by atoms with Gasteiger partial charge in [0.2, 0.25) is 0 Å². The fourth-order valence-electron chi connectivity index (χ4n) is 1.04. The van der Waals surface area contributed by atoms with Crippen molar-refractivity contribution in [2.24, 2.45) is 0 Å². The summed E-state index contributed by atoms with van der Waals surface area (Å²) in [5.74, 6) is -0.712. The lowest BCUT2D eigenvalue weighted by molar-refractivity contribution is -0.142. The van der Waals surface area contributed by atoms with Crippen LogP contribution in [0.15, 0.2) is 24.3 Å². The summed E-state index contributed by atoms with van der Waals surface area (Å²) in [6.07, 6.45) is 0.588. The number of rotatable bonds is 7. The monoisotopic (exact) mass is 228 g/mol. The molecule has 1 aromatic carbocycles. The molecule has 88 valence electrons. The van der Waals surface area contributed by atoms with E-state index in [1.807, 2.05) is 0 Å². The predicted octanol–water partition coefficient (Wildman–Crippen LogP) is 1.70. The van der Waals surface area contributed by atoms with Crippen molar-refractivity contribution >= 4 is 5.97 Å². The van der Waals surface area contributed by atoms with Crippen molar-refractivity contribution in [2.45, 2.75) is 6.42 Å². The van der Waals surface area contributed by atoms with Gasteiger partial charge < -0.3 is 14.6 Å². The Hall–Kier alpha value is -1.62. The van der Waals surface area contributed by atoms with Crippen LogP contribution in [0.2, 0.25) is 0 Å². The van der Waals surface area contributed by atoms with Crippen LogP contribution in [0.4, 0.5) is 4.39 Å². The fraction of sp³-hybridized carbons (Fsp3) is 0.364. The summed E-state index contributed by atoms with van der Waals surface area (Å²) in [4.78, 5) is 10.1. The molecule has 5 heteroatoms. The Morgan fingerprint density at radius 3 is 2.56 bits per heavy atom. The van der Waals surface area contributed by atoms with Gasteiger partial charge in [-0.1, -0.05) is 0 Å². The van der Waals surface area contributed by atoms with E-state index in [4.69, 9.17) is 14.6 Å². The highest BCUT2D eigenvalue weighted by Crippen LogP contribution is 2.10. The summed E-state index contributed by atoms with van der Waals surface area (Å²) in [5.41, 5.74) is 0. The lowest BCUT2D eigenvalue weighted by atomic mass is 10.3. The van der Waals surface area contributed by atoms with Crippen LogP contribution >= 0.6 is 0 Å². The highest BCUT2D eigenvalue weighted by molar-refractivity contribution is 5.67. The number of carbonyl (C=O) groups is 1. The van der Waals surface area contributed by atoms with Crippen molar-refractivity contribution in [1.82, 2.24) is 0 Å². The second-order valence-electron chi connectivity index (χ2n) is 3.10. The molecule has 0 unspecified atom stereocenters. The van der Waals surface area contributed by atoms with Crippen LogP contribution < -0.4 is 4.74 Å². The van der Waals surface area contributed by atoms with Gasteiger partial charge >= 0.3 is 5.97 Å². The van der Waals surface area contributed by atoms with Crippen molar-refractivity contribution in [3.05, 3.63) is 30.1 Å². The Balaban J connectivity index is 2.07. The van der Waals surface area contributed by atoms with Gasteiger partial charge in [0.1, 0.15) is 18.2 Å². The van der Waals surface area contributed by atoms with Gasteiger partial charge in [-0.05, 0) is 24.3 Å². The number of ether oxygens (including phenoxy) is 2. The van der Waals surface area contributed by atoms with E-state index in [0.717, 1.165) is 0 Å². The number of hydrogen-bond acceptors (Lipinski definition) is 3. The Morgan fingerprint density at radius 1 is 1.25 bits per heavy atom. The highest BCUT2D eigenvalue weighted by Gasteiger charge is 1.97. The molecule has 16 heavy (non-hydrogen) atoms. The molecule has 4 nitrogen and oxygen atoms in total. The molecule has 0 spiro atoms. The molecule has 0 radical (unpaired) electrons. The van der Waals surface area contributed by atoms with Crippen LogP contribution in [0.25, 0.3) is 0 Å².